The zero-order chi connectivity index (χ0) is 13.8. The molecule has 6 nitrogen and oxygen atoms in total. The van der Waals surface area contributed by atoms with Gasteiger partial charge in [0, 0.05) is 6.54 Å². The molecule has 1 aliphatic rings. The third kappa shape index (κ3) is 2.85. The van der Waals surface area contributed by atoms with E-state index in [2.05, 4.69) is 5.32 Å². The second kappa shape index (κ2) is 5.71. The minimum atomic E-state index is -0.442. The van der Waals surface area contributed by atoms with E-state index in [0.717, 1.165) is 0 Å². The highest BCUT2D eigenvalue weighted by Crippen LogP contribution is 2.22. The van der Waals surface area contributed by atoms with Crippen molar-refractivity contribution in [2.75, 3.05) is 31.7 Å². The predicted octanol–water partition coefficient (Wildman–Crippen LogP) is -0.230. The molecule has 0 aliphatic carbocycles. The molecule has 0 bridgehead atoms. The van der Waals surface area contributed by atoms with Gasteiger partial charge in [0.1, 0.15) is 0 Å². The number of piperazine rings is 1. The van der Waals surface area contributed by atoms with Gasteiger partial charge in [-0.05, 0) is 12.1 Å². The number of hydrogen-bond donors (Lipinski definition) is 2. The molecule has 0 spiro atoms. The average Bonchev–Trinajstić information content (AvgIpc) is 2.45. The van der Waals surface area contributed by atoms with Gasteiger partial charge < -0.3 is 20.1 Å². The summed E-state index contributed by atoms with van der Waals surface area (Å²) < 4.78 is 4.73. The van der Waals surface area contributed by atoms with Crippen LogP contribution in [0.25, 0.3) is 0 Å². The lowest BCUT2D eigenvalue weighted by Crippen LogP contribution is -2.55. The fourth-order valence-electron chi connectivity index (χ4n) is 2.14. The number of carbonyl (C=O) groups is 2. The molecule has 1 aromatic carbocycles. The van der Waals surface area contributed by atoms with Crippen molar-refractivity contribution in [3.63, 3.8) is 0 Å². The zero-order valence-electron chi connectivity index (χ0n) is 10.6. The molecule has 0 aromatic heterocycles. The molecule has 2 rings (SSSR count). The molecule has 0 saturated carbocycles. The number of nitrogens with one attached hydrogen (secondary N) is 1. The number of hydrogen-bond acceptors (Lipinski definition) is 5. The average molecular weight is 264 g/mol. The van der Waals surface area contributed by atoms with E-state index in [1.54, 1.807) is 29.2 Å². The van der Waals surface area contributed by atoms with Crippen molar-refractivity contribution in [1.82, 2.24) is 5.32 Å². The highest BCUT2D eigenvalue weighted by molar-refractivity contribution is 5.97. The Bertz CT molecular complexity index is 489. The molecule has 2 N–H and O–H groups in total. The standard InChI is InChI=1S/C13H16N2O4/c1-19-13(18)10-4-2-3-5-11(10)15-6-9(8-16)14-12(17)7-15/h2-5,9,16H,6-8H2,1H3,(H,14,17). The maximum Gasteiger partial charge on any atom is 0.339 e. The molecule has 1 aliphatic heterocycles. The number of anilines is 1. The summed E-state index contributed by atoms with van der Waals surface area (Å²) in [5.41, 5.74) is 1.05. The Morgan fingerprint density at radius 3 is 2.95 bits per heavy atom. The van der Waals surface area contributed by atoms with Crippen molar-refractivity contribution >= 4 is 17.6 Å². The number of amides is 1. The van der Waals surface area contributed by atoms with Crippen LogP contribution < -0.4 is 10.2 Å². The number of esters is 1. The molecule has 19 heavy (non-hydrogen) atoms. The van der Waals surface area contributed by atoms with Crippen molar-refractivity contribution in [3.05, 3.63) is 29.8 Å². The van der Waals surface area contributed by atoms with Crippen LogP contribution in [0.4, 0.5) is 5.69 Å². The van der Waals surface area contributed by atoms with Gasteiger partial charge in [0.05, 0.1) is 37.6 Å². The summed E-state index contributed by atoms with van der Waals surface area (Å²) in [4.78, 5) is 25.1. The SMILES string of the molecule is COC(=O)c1ccccc1N1CC(=O)NC(CO)C1. The van der Waals surface area contributed by atoms with Crippen LogP contribution in [0.5, 0.6) is 0 Å². The summed E-state index contributed by atoms with van der Waals surface area (Å²) >= 11 is 0. The Morgan fingerprint density at radius 2 is 2.26 bits per heavy atom. The fourth-order valence-corrected chi connectivity index (χ4v) is 2.14. The van der Waals surface area contributed by atoms with Crippen LogP contribution >= 0.6 is 0 Å². The van der Waals surface area contributed by atoms with Gasteiger partial charge in [0.25, 0.3) is 0 Å². The number of para-hydroxylation sites is 1. The topological polar surface area (TPSA) is 78.9 Å². The van der Waals surface area contributed by atoms with Crippen LogP contribution in [0.15, 0.2) is 24.3 Å². The van der Waals surface area contributed by atoms with Crippen LogP contribution in [0.2, 0.25) is 0 Å². The number of aliphatic hydroxyl groups excluding tert-OH is 1. The number of methoxy groups -OCH3 is 1. The number of rotatable bonds is 3. The van der Waals surface area contributed by atoms with Crippen LogP contribution in [0.3, 0.4) is 0 Å². The Morgan fingerprint density at radius 1 is 1.53 bits per heavy atom. The molecule has 1 atom stereocenters. The summed E-state index contributed by atoms with van der Waals surface area (Å²) in [6.07, 6.45) is 0. The number of benzene rings is 1. The first-order chi connectivity index (χ1) is 9.15. The van der Waals surface area contributed by atoms with E-state index in [0.29, 0.717) is 17.8 Å². The minimum absolute atomic E-state index is 0.136. The van der Waals surface area contributed by atoms with E-state index in [9.17, 15) is 9.59 Å². The third-order valence-electron chi connectivity index (χ3n) is 3.01. The lowest BCUT2D eigenvalue weighted by atomic mass is 10.1. The van der Waals surface area contributed by atoms with Crippen LogP contribution in [-0.2, 0) is 9.53 Å². The van der Waals surface area contributed by atoms with E-state index in [1.807, 2.05) is 0 Å². The molecular formula is C13H16N2O4. The molecule has 1 amide bonds. The smallest absolute Gasteiger partial charge is 0.339 e. The van der Waals surface area contributed by atoms with E-state index in [-0.39, 0.29) is 25.1 Å². The lowest BCUT2D eigenvalue weighted by Gasteiger charge is -2.34. The molecule has 0 radical (unpaired) electrons. The second-order valence-corrected chi connectivity index (χ2v) is 4.34. The van der Waals surface area contributed by atoms with Gasteiger partial charge in [-0.1, -0.05) is 12.1 Å². The monoisotopic (exact) mass is 264 g/mol. The molecule has 6 heteroatoms. The Balaban J connectivity index is 2.30. The lowest BCUT2D eigenvalue weighted by molar-refractivity contribution is -0.121. The Kier molecular flexibility index (Phi) is 4.01. The molecule has 1 fully saturated rings. The first kappa shape index (κ1) is 13.4. The van der Waals surface area contributed by atoms with Crippen LogP contribution in [0.1, 0.15) is 10.4 Å². The second-order valence-electron chi connectivity index (χ2n) is 4.34. The van der Waals surface area contributed by atoms with Gasteiger partial charge in [0.2, 0.25) is 5.91 Å². The molecule has 1 aromatic rings. The first-order valence-corrected chi connectivity index (χ1v) is 5.98. The number of ether oxygens (including phenoxy) is 1. The van der Waals surface area contributed by atoms with Gasteiger partial charge in [-0.2, -0.15) is 0 Å². The zero-order valence-corrected chi connectivity index (χ0v) is 10.6. The van der Waals surface area contributed by atoms with E-state index in [4.69, 9.17) is 9.84 Å². The van der Waals surface area contributed by atoms with E-state index in [1.165, 1.54) is 7.11 Å². The Labute approximate surface area is 111 Å². The van der Waals surface area contributed by atoms with Gasteiger partial charge in [-0.15, -0.1) is 0 Å². The van der Waals surface area contributed by atoms with Crippen molar-refractivity contribution in [3.8, 4) is 0 Å². The molecule has 1 saturated heterocycles. The summed E-state index contributed by atoms with van der Waals surface area (Å²) in [6.45, 7) is 0.476. The minimum Gasteiger partial charge on any atom is -0.465 e. The van der Waals surface area contributed by atoms with Crippen molar-refractivity contribution in [2.24, 2.45) is 0 Å². The van der Waals surface area contributed by atoms with Crippen molar-refractivity contribution < 1.29 is 19.4 Å². The summed E-state index contributed by atoms with van der Waals surface area (Å²) in [5.74, 6) is -0.618. The molecule has 1 unspecified atom stereocenters. The number of nitrogens with zero attached hydrogens (tertiary/aromatic N) is 1. The van der Waals surface area contributed by atoms with Gasteiger partial charge in [0.15, 0.2) is 0 Å². The molecule has 1 heterocycles. The summed E-state index contributed by atoms with van der Waals surface area (Å²) in [6, 6.07) is 6.62. The molecule has 102 valence electrons. The quantitative estimate of drug-likeness (QED) is 0.737. The van der Waals surface area contributed by atoms with Crippen molar-refractivity contribution in [2.45, 2.75) is 6.04 Å². The highest BCUT2D eigenvalue weighted by Gasteiger charge is 2.26. The van der Waals surface area contributed by atoms with Crippen LogP contribution in [0, 0.1) is 0 Å². The van der Waals surface area contributed by atoms with Gasteiger partial charge in [-0.3, -0.25) is 4.79 Å². The largest absolute Gasteiger partial charge is 0.465 e. The maximum atomic E-state index is 11.7. The fraction of sp³-hybridized carbons (Fsp3) is 0.385. The predicted molar refractivity (Wildman–Crippen MR) is 69.0 cm³/mol. The summed E-state index contributed by atoms with van der Waals surface area (Å²) in [7, 11) is 1.32. The van der Waals surface area contributed by atoms with Gasteiger partial charge in [-0.25, -0.2) is 4.79 Å². The molecular weight excluding hydrogens is 248 g/mol. The maximum absolute atomic E-state index is 11.7. The summed E-state index contributed by atoms with van der Waals surface area (Å²) in [5, 5.41) is 11.8. The normalized spacial score (nSPS) is 18.9. The van der Waals surface area contributed by atoms with Gasteiger partial charge >= 0.3 is 5.97 Å². The number of carbonyl (C=O) groups excluding carboxylic acids is 2. The van der Waals surface area contributed by atoms with E-state index >= 15 is 0 Å². The number of aliphatic hydroxyl groups is 1. The third-order valence-corrected chi connectivity index (χ3v) is 3.01. The van der Waals surface area contributed by atoms with Crippen molar-refractivity contribution in [1.29, 1.82) is 0 Å². The highest BCUT2D eigenvalue weighted by atomic mass is 16.5. The Hall–Kier alpha value is -2.08. The first-order valence-electron chi connectivity index (χ1n) is 5.98. The van der Waals surface area contributed by atoms with E-state index < -0.39 is 5.97 Å². The van der Waals surface area contributed by atoms with Crippen LogP contribution in [-0.4, -0.2) is 49.8 Å².